The van der Waals surface area contributed by atoms with Crippen LogP contribution in [0.5, 0.6) is 0 Å². The monoisotopic (exact) mass is 262 g/mol. The number of carbonyl (C=O) groups is 2. The van der Waals surface area contributed by atoms with E-state index in [0.29, 0.717) is 36.4 Å². The molecular weight excluding hydrogens is 244 g/mol. The Bertz CT molecular complexity index is 499. The number of nitrogen functional groups attached to an aromatic ring is 1. The Morgan fingerprint density at radius 1 is 1.53 bits per heavy atom. The Labute approximate surface area is 112 Å². The Hall–Kier alpha value is -2.04. The zero-order valence-corrected chi connectivity index (χ0v) is 10.9. The molecule has 1 saturated heterocycles. The van der Waals surface area contributed by atoms with Crippen LogP contribution in [0, 0.1) is 0 Å². The summed E-state index contributed by atoms with van der Waals surface area (Å²) in [6, 6.07) is 5.16. The molecule has 2 rings (SSSR count). The average molecular weight is 262 g/mol. The van der Waals surface area contributed by atoms with Gasteiger partial charge in [-0.05, 0) is 24.5 Å². The lowest BCUT2D eigenvalue weighted by Crippen LogP contribution is -2.19. The molecule has 1 amide bonds. The standard InChI is InChI=1S/C14H18N2O3/c1-2-8-19-14(18)11-5-3-4-9(12(11)15)10-6-7-16-13(10)17/h3-5,10H,2,6-8,15H2,1H3,(H,16,17)/t10-/m0/s1. The first-order valence-electron chi connectivity index (χ1n) is 6.48. The molecule has 0 spiro atoms. The number of hydrogen-bond acceptors (Lipinski definition) is 4. The highest BCUT2D eigenvalue weighted by molar-refractivity contribution is 5.97. The van der Waals surface area contributed by atoms with Gasteiger partial charge in [0.05, 0.1) is 23.8 Å². The number of anilines is 1. The van der Waals surface area contributed by atoms with Gasteiger partial charge >= 0.3 is 5.97 Å². The third kappa shape index (κ3) is 2.70. The van der Waals surface area contributed by atoms with E-state index in [9.17, 15) is 9.59 Å². The fraction of sp³-hybridized carbons (Fsp3) is 0.429. The Morgan fingerprint density at radius 3 is 2.95 bits per heavy atom. The Balaban J connectivity index is 2.27. The van der Waals surface area contributed by atoms with Crippen molar-refractivity contribution in [3.8, 4) is 0 Å². The molecule has 0 aliphatic carbocycles. The predicted molar refractivity (Wildman–Crippen MR) is 71.8 cm³/mol. The summed E-state index contributed by atoms with van der Waals surface area (Å²) in [5, 5.41) is 2.77. The zero-order valence-electron chi connectivity index (χ0n) is 10.9. The maximum absolute atomic E-state index is 11.9. The summed E-state index contributed by atoms with van der Waals surface area (Å²) >= 11 is 0. The smallest absolute Gasteiger partial charge is 0.340 e. The molecule has 1 fully saturated rings. The average Bonchev–Trinajstić information content (AvgIpc) is 2.82. The van der Waals surface area contributed by atoms with Crippen molar-refractivity contribution in [1.29, 1.82) is 0 Å². The van der Waals surface area contributed by atoms with Crippen LogP contribution < -0.4 is 11.1 Å². The highest BCUT2D eigenvalue weighted by Crippen LogP contribution is 2.30. The number of benzene rings is 1. The molecule has 0 bridgehead atoms. The van der Waals surface area contributed by atoms with Gasteiger partial charge in [-0.1, -0.05) is 19.1 Å². The number of carbonyl (C=O) groups excluding carboxylic acids is 2. The molecule has 1 aliphatic heterocycles. The van der Waals surface area contributed by atoms with Gasteiger partial charge in [0.2, 0.25) is 5.91 Å². The van der Waals surface area contributed by atoms with E-state index >= 15 is 0 Å². The number of nitrogens with two attached hydrogens (primary N) is 1. The number of amides is 1. The SMILES string of the molecule is CCCOC(=O)c1cccc([C@@H]2CCNC2=O)c1N. The minimum Gasteiger partial charge on any atom is -0.462 e. The number of para-hydroxylation sites is 1. The minimum atomic E-state index is -0.431. The van der Waals surface area contributed by atoms with E-state index in [-0.39, 0.29) is 11.8 Å². The van der Waals surface area contributed by atoms with Gasteiger partial charge in [-0.3, -0.25) is 4.79 Å². The fourth-order valence-corrected chi connectivity index (χ4v) is 2.23. The number of nitrogens with one attached hydrogen (secondary N) is 1. The molecule has 1 heterocycles. The predicted octanol–water partition coefficient (Wildman–Crippen LogP) is 1.44. The van der Waals surface area contributed by atoms with Crippen LogP contribution in [-0.2, 0) is 9.53 Å². The summed E-state index contributed by atoms with van der Waals surface area (Å²) in [6.07, 6.45) is 1.47. The van der Waals surface area contributed by atoms with Crippen LogP contribution in [-0.4, -0.2) is 25.0 Å². The third-order valence-corrected chi connectivity index (χ3v) is 3.22. The summed E-state index contributed by atoms with van der Waals surface area (Å²) < 4.78 is 5.08. The van der Waals surface area contributed by atoms with Crippen LogP contribution in [0.1, 0.15) is 41.6 Å². The summed E-state index contributed by atoms with van der Waals surface area (Å²) in [6.45, 7) is 2.94. The number of hydrogen-bond donors (Lipinski definition) is 2. The lowest BCUT2D eigenvalue weighted by Gasteiger charge is -2.13. The van der Waals surface area contributed by atoms with Gasteiger partial charge in [0.25, 0.3) is 0 Å². The molecule has 3 N–H and O–H groups in total. The van der Waals surface area contributed by atoms with E-state index in [2.05, 4.69) is 5.32 Å². The summed E-state index contributed by atoms with van der Waals surface area (Å²) in [5.74, 6) is -0.732. The van der Waals surface area contributed by atoms with Crippen molar-refractivity contribution < 1.29 is 14.3 Å². The lowest BCUT2D eigenvalue weighted by atomic mass is 9.94. The highest BCUT2D eigenvalue weighted by atomic mass is 16.5. The first kappa shape index (κ1) is 13.4. The molecule has 0 aromatic heterocycles. The van der Waals surface area contributed by atoms with Gasteiger partial charge in [-0.2, -0.15) is 0 Å². The van der Waals surface area contributed by atoms with Crippen molar-refractivity contribution in [2.24, 2.45) is 0 Å². The molecular formula is C14H18N2O3. The molecule has 5 heteroatoms. The molecule has 0 saturated carbocycles. The van der Waals surface area contributed by atoms with Gasteiger partial charge in [0, 0.05) is 6.54 Å². The van der Waals surface area contributed by atoms with Gasteiger partial charge in [0.1, 0.15) is 0 Å². The van der Waals surface area contributed by atoms with Crippen molar-refractivity contribution >= 4 is 17.6 Å². The van der Waals surface area contributed by atoms with Gasteiger partial charge in [-0.25, -0.2) is 4.79 Å². The topological polar surface area (TPSA) is 81.4 Å². The maximum Gasteiger partial charge on any atom is 0.340 e. The van der Waals surface area contributed by atoms with E-state index < -0.39 is 5.97 Å². The van der Waals surface area contributed by atoms with Crippen molar-refractivity contribution in [3.05, 3.63) is 29.3 Å². The zero-order chi connectivity index (χ0) is 13.8. The van der Waals surface area contributed by atoms with Crippen molar-refractivity contribution in [1.82, 2.24) is 5.32 Å². The van der Waals surface area contributed by atoms with Crippen LogP contribution in [0.4, 0.5) is 5.69 Å². The van der Waals surface area contributed by atoms with Crippen LogP contribution in [0.15, 0.2) is 18.2 Å². The van der Waals surface area contributed by atoms with Crippen LogP contribution in [0.25, 0.3) is 0 Å². The summed E-state index contributed by atoms with van der Waals surface area (Å²) in [4.78, 5) is 23.6. The molecule has 19 heavy (non-hydrogen) atoms. The van der Waals surface area contributed by atoms with Crippen molar-refractivity contribution in [2.75, 3.05) is 18.9 Å². The molecule has 1 aromatic carbocycles. The molecule has 102 valence electrons. The largest absolute Gasteiger partial charge is 0.462 e. The molecule has 0 radical (unpaired) electrons. The van der Waals surface area contributed by atoms with E-state index in [1.807, 2.05) is 6.92 Å². The molecule has 1 atom stereocenters. The normalized spacial score (nSPS) is 18.2. The number of ether oxygens (including phenoxy) is 1. The third-order valence-electron chi connectivity index (χ3n) is 3.22. The molecule has 1 aromatic rings. The fourth-order valence-electron chi connectivity index (χ4n) is 2.23. The van der Waals surface area contributed by atoms with Crippen LogP contribution in [0.2, 0.25) is 0 Å². The second-order valence-electron chi connectivity index (χ2n) is 4.58. The molecule has 5 nitrogen and oxygen atoms in total. The van der Waals surface area contributed by atoms with Crippen LogP contribution >= 0.6 is 0 Å². The summed E-state index contributed by atoms with van der Waals surface area (Å²) in [7, 11) is 0. The lowest BCUT2D eigenvalue weighted by molar-refractivity contribution is -0.120. The second kappa shape index (κ2) is 5.73. The van der Waals surface area contributed by atoms with E-state index in [4.69, 9.17) is 10.5 Å². The molecule has 0 unspecified atom stereocenters. The molecule has 1 aliphatic rings. The first-order valence-corrected chi connectivity index (χ1v) is 6.48. The van der Waals surface area contributed by atoms with Crippen LogP contribution in [0.3, 0.4) is 0 Å². The van der Waals surface area contributed by atoms with Gasteiger partial charge in [-0.15, -0.1) is 0 Å². The number of rotatable bonds is 4. The van der Waals surface area contributed by atoms with Crippen molar-refractivity contribution in [3.63, 3.8) is 0 Å². The van der Waals surface area contributed by atoms with Gasteiger partial charge in [0.15, 0.2) is 0 Å². The van der Waals surface area contributed by atoms with E-state index in [1.165, 1.54) is 0 Å². The quantitative estimate of drug-likeness (QED) is 0.635. The first-order chi connectivity index (χ1) is 9.15. The van der Waals surface area contributed by atoms with E-state index in [0.717, 1.165) is 6.42 Å². The number of esters is 1. The Kier molecular flexibility index (Phi) is 4.04. The summed E-state index contributed by atoms with van der Waals surface area (Å²) in [5.41, 5.74) is 7.42. The Morgan fingerprint density at radius 2 is 2.32 bits per heavy atom. The maximum atomic E-state index is 11.9. The van der Waals surface area contributed by atoms with E-state index in [1.54, 1.807) is 18.2 Å². The highest BCUT2D eigenvalue weighted by Gasteiger charge is 2.28. The van der Waals surface area contributed by atoms with Crippen molar-refractivity contribution in [2.45, 2.75) is 25.7 Å². The second-order valence-corrected chi connectivity index (χ2v) is 4.58. The minimum absolute atomic E-state index is 0.0363. The van der Waals surface area contributed by atoms with Gasteiger partial charge < -0.3 is 15.8 Å².